The summed E-state index contributed by atoms with van der Waals surface area (Å²) in [6.45, 7) is 0.294. The highest BCUT2D eigenvalue weighted by Crippen LogP contribution is 2.34. The summed E-state index contributed by atoms with van der Waals surface area (Å²) in [7, 11) is 0. The first kappa shape index (κ1) is 12.3. The number of anilines is 1. The highest BCUT2D eigenvalue weighted by Gasteiger charge is 2.27. The van der Waals surface area contributed by atoms with Gasteiger partial charge in [-0.15, -0.1) is 0 Å². The predicted molar refractivity (Wildman–Crippen MR) is 67.1 cm³/mol. The molecule has 1 heterocycles. The molecule has 0 fully saturated rings. The number of β-amino-alcohol motifs (C(OH)–C–C–N with tert-alkyl or cyclic N) is 1. The molecule has 3 N–H and O–H groups in total. The van der Waals surface area contributed by atoms with Gasteiger partial charge in [-0.3, -0.25) is 4.79 Å². The number of nitrogens with zero attached hydrogens (tertiary/aromatic N) is 1. The Bertz CT molecular complexity index is 439. The second-order valence-corrected chi connectivity index (χ2v) is 4.71. The molecule has 5 nitrogen and oxygen atoms in total. The van der Waals surface area contributed by atoms with Crippen LogP contribution in [0.4, 0.5) is 5.69 Å². The van der Waals surface area contributed by atoms with Crippen molar-refractivity contribution in [2.45, 2.75) is 6.10 Å². The Hall–Kier alpha value is -1.11. The van der Waals surface area contributed by atoms with Crippen LogP contribution in [-0.2, 0) is 4.79 Å². The van der Waals surface area contributed by atoms with E-state index in [0.29, 0.717) is 11.4 Å². The SMILES string of the molecule is NCC(O)CN1C(=O)COc2ccc(Br)cc21. The zero-order chi connectivity index (χ0) is 12.4. The molecule has 1 aliphatic rings. The van der Waals surface area contributed by atoms with Crippen molar-refractivity contribution in [1.29, 1.82) is 0 Å². The molecule has 6 heteroatoms. The standard InChI is InChI=1S/C11H13BrN2O3/c12-7-1-2-10-9(3-7)14(5-8(15)4-13)11(16)6-17-10/h1-3,8,15H,4-6,13H2. The molecule has 1 unspecified atom stereocenters. The molecule has 1 amide bonds. The van der Waals surface area contributed by atoms with Gasteiger partial charge in [-0.05, 0) is 18.2 Å². The normalized spacial score (nSPS) is 16.4. The van der Waals surface area contributed by atoms with Gasteiger partial charge in [-0.25, -0.2) is 0 Å². The van der Waals surface area contributed by atoms with E-state index in [1.165, 1.54) is 4.90 Å². The average Bonchev–Trinajstić information content (AvgIpc) is 2.32. The lowest BCUT2D eigenvalue weighted by atomic mass is 10.2. The summed E-state index contributed by atoms with van der Waals surface area (Å²) in [5, 5.41) is 9.55. The molecule has 1 aliphatic heterocycles. The molecule has 0 spiro atoms. The number of carbonyl (C=O) groups is 1. The first-order valence-corrected chi connectivity index (χ1v) is 6.02. The maximum Gasteiger partial charge on any atom is 0.265 e. The highest BCUT2D eigenvalue weighted by molar-refractivity contribution is 9.10. The Balaban J connectivity index is 2.32. The van der Waals surface area contributed by atoms with Crippen LogP contribution in [0, 0.1) is 0 Å². The van der Waals surface area contributed by atoms with E-state index >= 15 is 0 Å². The van der Waals surface area contributed by atoms with Crippen LogP contribution < -0.4 is 15.4 Å². The van der Waals surface area contributed by atoms with Crippen molar-refractivity contribution in [2.75, 3.05) is 24.6 Å². The third-order valence-corrected chi connectivity index (χ3v) is 3.02. The number of fused-ring (bicyclic) bond motifs is 1. The number of hydrogen-bond acceptors (Lipinski definition) is 4. The summed E-state index contributed by atoms with van der Waals surface area (Å²) < 4.78 is 6.16. The number of nitrogens with two attached hydrogens (primary N) is 1. The summed E-state index contributed by atoms with van der Waals surface area (Å²) in [4.78, 5) is 13.3. The molecule has 17 heavy (non-hydrogen) atoms. The van der Waals surface area contributed by atoms with Crippen molar-refractivity contribution in [3.05, 3.63) is 22.7 Å². The van der Waals surface area contributed by atoms with E-state index in [0.717, 1.165) is 4.47 Å². The summed E-state index contributed by atoms with van der Waals surface area (Å²) in [5.41, 5.74) is 6.01. The summed E-state index contributed by atoms with van der Waals surface area (Å²) >= 11 is 3.34. The van der Waals surface area contributed by atoms with E-state index in [1.807, 2.05) is 6.07 Å². The van der Waals surface area contributed by atoms with Crippen LogP contribution in [0.15, 0.2) is 22.7 Å². The highest BCUT2D eigenvalue weighted by atomic mass is 79.9. The van der Waals surface area contributed by atoms with Crippen LogP contribution >= 0.6 is 15.9 Å². The van der Waals surface area contributed by atoms with Gasteiger partial charge < -0.3 is 20.5 Å². The molecule has 2 rings (SSSR count). The summed E-state index contributed by atoms with van der Waals surface area (Å²) in [6.07, 6.45) is -0.733. The third kappa shape index (κ3) is 2.59. The number of benzene rings is 1. The van der Waals surface area contributed by atoms with Crippen LogP contribution in [0.3, 0.4) is 0 Å². The van der Waals surface area contributed by atoms with Crippen LogP contribution in [-0.4, -0.2) is 36.8 Å². The topological polar surface area (TPSA) is 75.8 Å². The smallest absolute Gasteiger partial charge is 0.265 e. The number of amides is 1. The largest absolute Gasteiger partial charge is 0.482 e. The van der Waals surface area contributed by atoms with Crippen LogP contribution in [0.2, 0.25) is 0 Å². The van der Waals surface area contributed by atoms with Crippen molar-refractivity contribution in [2.24, 2.45) is 5.73 Å². The Labute approximate surface area is 107 Å². The second kappa shape index (κ2) is 5.03. The van der Waals surface area contributed by atoms with Crippen molar-refractivity contribution in [3.63, 3.8) is 0 Å². The maximum absolute atomic E-state index is 11.8. The van der Waals surface area contributed by atoms with E-state index < -0.39 is 6.10 Å². The van der Waals surface area contributed by atoms with Gasteiger partial charge in [0.25, 0.3) is 5.91 Å². The maximum atomic E-state index is 11.8. The molecule has 0 radical (unpaired) electrons. The van der Waals surface area contributed by atoms with E-state index in [-0.39, 0.29) is 25.6 Å². The molecule has 1 aromatic rings. The fraction of sp³-hybridized carbons (Fsp3) is 0.364. The zero-order valence-electron chi connectivity index (χ0n) is 9.10. The van der Waals surface area contributed by atoms with Crippen LogP contribution in [0.1, 0.15) is 0 Å². The van der Waals surface area contributed by atoms with Crippen molar-refractivity contribution >= 4 is 27.5 Å². The van der Waals surface area contributed by atoms with E-state index in [9.17, 15) is 9.90 Å². The number of halogens is 1. The predicted octanol–water partition coefficient (Wildman–Crippen LogP) is 0.494. The lowest BCUT2D eigenvalue weighted by Gasteiger charge is -2.30. The van der Waals surface area contributed by atoms with E-state index in [4.69, 9.17) is 10.5 Å². The van der Waals surface area contributed by atoms with Crippen molar-refractivity contribution < 1.29 is 14.6 Å². The van der Waals surface area contributed by atoms with Gasteiger partial charge in [0, 0.05) is 11.0 Å². The second-order valence-electron chi connectivity index (χ2n) is 3.79. The van der Waals surface area contributed by atoms with Gasteiger partial charge in [0.05, 0.1) is 18.3 Å². The molecule has 0 saturated heterocycles. The van der Waals surface area contributed by atoms with Gasteiger partial charge >= 0.3 is 0 Å². The number of rotatable bonds is 3. The molecule has 0 bridgehead atoms. The van der Waals surface area contributed by atoms with Crippen LogP contribution in [0.5, 0.6) is 5.75 Å². The van der Waals surface area contributed by atoms with E-state index in [1.54, 1.807) is 12.1 Å². The fourth-order valence-corrected chi connectivity index (χ4v) is 2.01. The molecule has 1 atom stereocenters. The van der Waals surface area contributed by atoms with Gasteiger partial charge in [0.2, 0.25) is 0 Å². The minimum atomic E-state index is -0.733. The lowest BCUT2D eigenvalue weighted by Crippen LogP contribution is -2.44. The van der Waals surface area contributed by atoms with Gasteiger partial charge in [-0.1, -0.05) is 15.9 Å². The molecule has 92 valence electrons. The molecule has 1 aromatic carbocycles. The van der Waals surface area contributed by atoms with Crippen LogP contribution in [0.25, 0.3) is 0 Å². The quantitative estimate of drug-likeness (QED) is 0.852. The Morgan fingerprint density at radius 3 is 3.06 bits per heavy atom. The number of aliphatic hydroxyl groups is 1. The Morgan fingerprint density at radius 2 is 2.35 bits per heavy atom. The number of hydrogen-bond donors (Lipinski definition) is 2. The minimum Gasteiger partial charge on any atom is -0.482 e. The Morgan fingerprint density at radius 1 is 1.59 bits per heavy atom. The van der Waals surface area contributed by atoms with E-state index in [2.05, 4.69) is 15.9 Å². The van der Waals surface area contributed by atoms with Gasteiger partial charge in [-0.2, -0.15) is 0 Å². The van der Waals surface area contributed by atoms with Crippen molar-refractivity contribution in [3.8, 4) is 5.75 Å². The molecule has 0 saturated carbocycles. The first-order valence-electron chi connectivity index (χ1n) is 5.22. The summed E-state index contributed by atoms with van der Waals surface area (Å²) in [5.74, 6) is 0.458. The third-order valence-electron chi connectivity index (χ3n) is 2.53. The van der Waals surface area contributed by atoms with Gasteiger partial charge in [0.15, 0.2) is 6.61 Å². The molecule has 0 aromatic heterocycles. The molecular weight excluding hydrogens is 288 g/mol. The molecule has 0 aliphatic carbocycles. The fourth-order valence-electron chi connectivity index (χ4n) is 1.66. The molecular formula is C11H13BrN2O3. The minimum absolute atomic E-state index is 0.00801. The Kier molecular flexibility index (Phi) is 3.66. The number of carbonyl (C=O) groups excluding carboxylic acids is 1. The summed E-state index contributed by atoms with van der Waals surface area (Å²) in [6, 6.07) is 5.41. The number of ether oxygens (including phenoxy) is 1. The number of aliphatic hydroxyl groups excluding tert-OH is 1. The monoisotopic (exact) mass is 300 g/mol. The zero-order valence-corrected chi connectivity index (χ0v) is 10.7. The average molecular weight is 301 g/mol. The first-order chi connectivity index (χ1) is 8.11. The van der Waals surface area contributed by atoms with Gasteiger partial charge in [0.1, 0.15) is 5.75 Å². The lowest BCUT2D eigenvalue weighted by molar-refractivity contribution is -0.121. The van der Waals surface area contributed by atoms with Crippen molar-refractivity contribution in [1.82, 2.24) is 0 Å².